The van der Waals surface area contributed by atoms with Crippen molar-refractivity contribution in [2.24, 2.45) is 0 Å². The zero-order valence-electron chi connectivity index (χ0n) is 19.5. The molecule has 2 rings (SSSR count). The van der Waals surface area contributed by atoms with Crippen LogP contribution >= 0.6 is 0 Å². The minimum atomic E-state index is -3.65. The van der Waals surface area contributed by atoms with Crippen LogP contribution in [0.25, 0.3) is 17.3 Å². The molecule has 0 aliphatic heterocycles. The molecule has 34 heavy (non-hydrogen) atoms. The number of aliphatic hydroxyl groups is 2. The van der Waals surface area contributed by atoms with E-state index in [0.717, 1.165) is 10.6 Å². The smallest absolute Gasteiger partial charge is 0.305 e. The molecule has 2 radical (unpaired) electrons. The normalized spacial score (nSPS) is 13.5. The largest absolute Gasteiger partial charge is 0.481 e. The van der Waals surface area contributed by atoms with Crippen molar-refractivity contribution in [3.05, 3.63) is 47.4 Å². The quantitative estimate of drug-likeness (QED) is 0.403. The van der Waals surface area contributed by atoms with Crippen molar-refractivity contribution in [2.75, 3.05) is 17.6 Å². The van der Waals surface area contributed by atoms with Gasteiger partial charge in [0.25, 0.3) is 0 Å². The number of halogens is 1. The molecule has 2 aromatic rings. The molecule has 0 saturated heterocycles. The molecule has 0 amide bonds. The van der Waals surface area contributed by atoms with Gasteiger partial charge in [0.05, 0.1) is 36.3 Å². The second kappa shape index (κ2) is 12.9. The molecular formula is C22H28CaFN3O6S. The Balaban J connectivity index is 0.00000578. The number of aromatic nitrogens is 2. The molecule has 1 aromatic heterocycles. The third-order valence-electron chi connectivity index (χ3n) is 4.82. The van der Waals surface area contributed by atoms with Gasteiger partial charge >= 0.3 is 5.97 Å². The molecule has 0 saturated carbocycles. The molecule has 0 spiro atoms. The van der Waals surface area contributed by atoms with Crippen LogP contribution in [0.2, 0.25) is 0 Å². The van der Waals surface area contributed by atoms with Crippen LogP contribution in [0.15, 0.2) is 30.3 Å². The van der Waals surface area contributed by atoms with E-state index in [-0.39, 0.29) is 56.0 Å². The molecule has 3 N–H and O–H groups in total. The molecule has 0 bridgehead atoms. The third-order valence-corrected chi connectivity index (χ3v) is 5.97. The predicted octanol–water partition coefficient (Wildman–Crippen LogP) is 2.02. The first-order chi connectivity index (χ1) is 15.3. The van der Waals surface area contributed by atoms with E-state index in [0.29, 0.717) is 22.5 Å². The summed E-state index contributed by atoms with van der Waals surface area (Å²) in [5.74, 6) is -1.87. The average Bonchev–Trinajstić information content (AvgIpc) is 2.70. The maximum atomic E-state index is 13.5. The number of carboxylic acids is 1. The maximum Gasteiger partial charge on any atom is 0.305 e. The molecular weight excluding hydrogens is 493 g/mol. The summed E-state index contributed by atoms with van der Waals surface area (Å²) in [7, 11) is -2.33. The summed E-state index contributed by atoms with van der Waals surface area (Å²) < 4.78 is 38.6. The molecule has 182 valence electrons. The Morgan fingerprint density at radius 3 is 2.26 bits per heavy atom. The SMILES string of the molecule is CC(C)c1nc(N(C)S(C)(=O)=O)nc(-c2ccc(F)cc2)c1/C=C/[C@@H](O)C[C@@H](O)CC(=O)O.[Ca]. The minimum Gasteiger partial charge on any atom is -0.481 e. The number of hydrogen-bond acceptors (Lipinski definition) is 7. The number of carboxylic acid groups (broad SMARTS) is 1. The topological polar surface area (TPSA) is 141 Å². The van der Waals surface area contributed by atoms with E-state index >= 15 is 0 Å². The molecule has 2 atom stereocenters. The summed E-state index contributed by atoms with van der Waals surface area (Å²) in [6.45, 7) is 3.71. The zero-order valence-corrected chi connectivity index (χ0v) is 22.5. The first kappa shape index (κ1) is 30.4. The van der Waals surface area contributed by atoms with Crippen molar-refractivity contribution >= 4 is 65.8 Å². The van der Waals surface area contributed by atoms with E-state index < -0.39 is 40.4 Å². The molecule has 12 heteroatoms. The number of sulfonamides is 1. The Kier molecular flexibility index (Phi) is 11.5. The van der Waals surface area contributed by atoms with Crippen LogP contribution in [0.3, 0.4) is 0 Å². The van der Waals surface area contributed by atoms with Crippen LogP contribution in [-0.2, 0) is 14.8 Å². The fourth-order valence-electron chi connectivity index (χ4n) is 3.05. The number of anilines is 1. The van der Waals surface area contributed by atoms with Gasteiger partial charge in [-0.25, -0.2) is 27.1 Å². The van der Waals surface area contributed by atoms with E-state index in [9.17, 15) is 27.8 Å². The summed E-state index contributed by atoms with van der Waals surface area (Å²) in [5.41, 5.74) is 1.80. The van der Waals surface area contributed by atoms with Crippen molar-refractivity contribution in [2.45, 2.75) is 44.8 Å². The van der Waals surface area contributed by atoms with Crippen LogP contribution in [0.4, 0.5) is 10.3 Å². The number of carbonyl (C=O) groups is 1. The summed E-state index contributed by atoms with van der Waals surface area (Å²) in [6, 6.07) is 5.49. The second-order valence-corrected chi connectivity index (χ2v) is 9.99. The van der Waals surface area contributed by atoms with Gasteiger partial charge in [0.2, 0.25) is 16.0 Å². The van der Waals surface area contributed by atoms with Crippen molar-refractivity contribution < 1.29 is 32.9 Å². The molecule has 0 fully saturated rings. The fraction of sp³-hybridized carbons (Fsp3) is 0.409. The molecule has 0 unspecified atom stereocenters. The van der Waals surface area contributed by atoms with Gasteiger partial charge in [-0.05, 0) is 30.2 Å². The number of nitrogens with zero attached hydrogens (tertiary/aromatic N) is 3. The summed E-state index contributed by atoms with van der Waals surface area (Å²) >= 11 is 0. The van der Waals surface area contributed by atoms with Gasteiger partial charge in [-0.3, -0.25) is 4.79 Å². The Morgan fingerprint density at radius 1 is 1.18 bits per heavy atom. The molecule has 0 aliphatic carbocycles. The van der Waals surface area contributed by atoms with E-state index in [1.807, 2.05) is 13.8 Å². The van der Waals surface area contributed by atoms with Crippen LogP contribution in [0, 0.1) is 5.82 Å². The second-order valence-electron chi connectivity index (χ2n) is 7.98. The number of hydrogen-bond donors (Lipinski definition) is 3. The predicted molar refractivity (Wildman–Crippen MR) is 128 cm³/mol. The molecule has 9 nitrogen and oxygen atoms in total. The van der Waals surface area contributed by atoms with Gasteiger partial charge in [0.1, 0.15) is 5.82 Å². The Morgan fingerprint density at radius 2 is 1.76 bits per heavy atom. The van der Waals surface area contributed by atoms with E-state index in [4.69, 9.17) is 5.11 Å². The minimum absolute atomic E-state index is 0. The van der Waals surface area contributed by atoms with Gasteiger partial charge in [-0.15, -0.1) is 0 Å². The maximum absolute atomic E-state index is 13.5. The average molecular weight is 522 g/mol. The fourth-order valence-corrected chi connectivity index (χ4v) is 3.42. The van der Waals surface area contributed by atoms with Gasteiger partial charge in [0.15, 0.2) is 0 Å². The van der Waals surface area contributed by atoms with Crippen molar-refractivity contribution in [1.82, 2.24) is 9.97 Å². The molecule has 0 aliphatic rings. The van der Waals surface area contributed by atoms with Gasteiger partial charge < -0.3 is 15.3 Å². The van der Waals surface area contributed by atoms with E-state index in [1.54, 1.807) is 0 Å². The summed E-state index contributed by atoms with van der Waals surface area (Å²) in [4.78, 5) is 19.6. The molecule has 1 aromatic carbocycles. The first-order valence-corrected chi connectivity index (χ1v) is 12.0. The Labute approximate surface area is 228 Å². The number of benzene rings is 1. The Hall–Kier alpha value is -1.63. The number of aliphatic carboxylic acids is 1. The van der Waals surface area contributed by atoms with Crippen LogP contribution in [0.1, 0.15) is 43.9 Å². The van der Waals surface area contributed by atoms with Crippen molar-refractivity contribution in [3.8, 4) is 11.3 Å². The van der Waals surface area contributed by atoms with Gasteiger partial charge in [-0.2, -0.15) is 0 Å². The van der Waals surface area contributed by atoms with Crippen LogP contribution in [0.5, 0.6) is 0 Å². The Bertz CT molecular complexity index is 1130. The van der Waals surface area contributed by atoms with Crippen molar-refractivity contribution in [1.29, 1.82) is 0 Å². The van der Waals surface area contributed by atoms with Crippen LogP contribution < -0.4 is 4.31 Å². The first-order valence-electron chi connectivity index (χ1n) is 10.2. The summed E-state index contributed by atoms with van der Waals surface area (Å²) in [6.07, 6.45) is 0.860. The number of aliphatic hydroxyl groups excluding tert-OH is 2. The van der Waals surface area contributed by atoms with Crippen LogP contribution in [-0.4, -0.2) is 103 Å². The van der Waals surface area contributed by atoms with Crippen molar-refractivity contribution in [3.63, 3.8) is 0 Å². The van der Waals surface area contributed by atoms with Gasteiger partial charge in [-0.1, -0.05) is 26.0 Å². The molecule has 1 heterocycles. The monoisotopic (exact) mass is 521 g/mol. The third kappa shape index (κ3) is 8.54. The zero-order chi connectivity index (χ0) is 24.9. The number of rotatable bonds is 10. The standard InChI is InChI=1S/C22H28FN3O6S.Ca/c1-13(2)20-18(10-9-16(27)11-17(28)12-19(29)30)21(14-5-7-15(23)8-6-14)25-22(24-20)26(3)33(4,31)32;/h5-10,13,16-17,27-28H,11-12H2,1-4H3,(H,29,30);/b10-9+;/t16-,17-;/m1./s1. The van der Waals surface area contributed by atoms with E-state index in [1.165, 1.54) is 43.5 Å². The van der Waals surface area contributed by atoms with E-state index in [2.05, 4.69) is 9.97 Å². The van der Waals surface area contributed by atoms with Gasteiger partial charge in [0, 0.05) is 62.3 Å². The summed E-state index contributed by atoms with van der Waals surface area (Å²) in [5, 5.41) is 28.8.